The molecular formula is C105H126F22O21. The van der Waals surface area contributed by atoms with E-state index in [2.05, 4.69) is 76.0 Å². The topological polar surface area (TPSA) is 291 Å². The van der Waals surface area contributed by atoms with Crippen molar-refractivity contribution in [3.63, 3.8) is 0 Å². The minimum Gasteiger partial charge on any atom is -0.482 e. The second-order valence-corrected chi connectivity index (χ2v) is 38.1. The zero-order chi connectivity index (χ0) is 112. The summed E-state index contributed by atoms with van der Waals surface area (Å²) in [5.74, 6) is -21.2. The summed E-state index contributed by atoms with van der Waals surface area (Å²) in [6, 6.07) is 48.5. The summed E-state index contributed by atoms with van der Waals surface area (Å²) in [5, 5.41) is 59.8. The smallest absolute Gasteiger partial charge is 0.449 e. The van der Waals surface area contributed by atoms with Gasteiger partial charge in [-0.15, -0.1) is 0 Å². The molecule has 3 aliphatic rings. The number of benzene rings is 8. The SMILES string of the molecule is CCC(C)c1ccc(C(=O)OC2(C)COC(O)(C(F)(F)F)C2(F)F)cc1.CCC(C)c1ccc(C(C)(O)C(F)(F)F)cc1.CCC(C)c1ccc(COCC(O)(C(F)(F)F)C(F)(F)F)cc1.CCC(C)c1ccc(OCC(=O)OC2(C)COC(C)(O)C2)cc1.CCC(C)c1ccc2cc(OCC(=O)OC3(C)COC(O)(C(F)(F)F)C3(F)F)ccc2c1.CCC(C)c1ccc2cc(OCC(=O)OCC(C)(O)C(F)(F)F)ccc2c1. The lowest BCUT2D eigenvalue weighted by Gasteiger charge is -2.35. The van der Waals surface area contributed by atoms with Gasteiger partial charge in [-0.1, -0.05) is 204 Å². The number of hydrogen-bond acceptors (Lipinski definition) is 21. The number of carbonyl (C=O) groups excluding carboxylic acids is 4. The fourth-order valence-corrected chi connectivity index (χ4v) is 14.5. The Bertz CT molecular complexity index is 5600. The van der Waals surface area contributed by atoms with E-state index in [1.807, 2.05) is 102 Å². The average molecular weight is 2140 g/mol. The quantitative estimate of drug-likeness (QED) is 0.0130. The Hall–Kier alpha value is -10.4. The lowest BCUT2D eigenvalue weighted by atomic mass is 9.91. The van der Waals surface area contributed by atoms with E-state index >= 15 is 0 Å². The van der Waals surface area contributed by atoms with E-state index in [4.69, 9.17) is 28.8 Å². The van der Waals surface area contributed by atoms with Crippen LogP contribution in [0.3, 0.4) is 0 Å². The van der Waals surface area contributed by atoms with Crippen molar-refractivity contribution < 1.29 is 199 Å². The number of ether oxygens (including phenoxy) is 11. The van der Waals surface area contributed by atoms with E-state index in [0.29, 0.717) is 67.4 Å². The van der Waals surface area contributed by atoms with E-state index in [-0.39, 0.29) is 42.4 Å². The minimum atomic E-state index is -5.87. The van der Waals surface area contributed by atoms with Crippen LogP contribution in [0.15, 0.2) is 170 Å². The Morgan fingerprint density at radius 3 is 1.05 bits per heavy atom. The van der Waals surface area contributed by atoms with Gasteiger partial charge in [-0.2, -0.15) is 96.6 Å². The molecule has 3 heterocycles. The number of alkyl halides is 22. The fourth-order valence-electron chi connectivity index (χ4n) is 14.5. The Kier molecular flexibility index (Phi) is 42.5. The predicted molar refractivity (Wildman–Crippen MR) is 500 cm³/mol. The van der Waals surface area contributed by atoms with Crippen LogP contribution in [0.25, 0.3) is 21.5 Å². The van der Waals surface area contributed by atoms with Crippen LogP contribution in [0.5, 0.6) is 17.2 Å². The molecule has 0 amide bonds. The Labute approximate surface area is 842 Å². The van der Waals surface area contributed by atoms with Crippen molar-refractivity contribution in [2.45, 2.75) is 312 Å². The maximum absolute atomic E-state index is 14.3. The van der Waals surface area contributed by atoms with Crippen LogP contribution in [0.2, 0.25) is 0 Å². The normalized spacial score (nSPS) is 22.3. The van der Waals surface area contributed by atoms with Gasteiger partial charge in [0.25, 0.3) is 5.60 Å². The second kappa shape index (κ2) is 49.8. The maximum atomic E-state index is 14.3. The first kappa shape index (κ1) is 126. The maximum Gasteiger partial charge on any atom is 0.449 e. The molecule has 0 spiro atoms. The Balaban J connectivity index is 0.000000274. The number of esters is 4. The third-order valence-electron chi connectivity index (χ3n) is 26.0. The third-order valence-corrected chi connectivity index (χ3v) is 26.0. The molecular weight excluding hydrogens is 2020 g/mol. The third kappa shape index (κ3) is 31.4. The molecule has 3 saturated heterocycles. The molecule has 0 radical (unpaired) electrons. The zero-order valence-corrected chi connectivity index (χ0v) is 84.6. The highest BCUT2D eigenvalue weighted by Gasteiger charge is 2.84. The number of halogens is 22. The molecule has 11 rings (SSSR count). The van der Waals surface area contributed by atoms with Gasteiger partial charge < -0.3 is 82.7 Å². The summed E-state index contributed by atoms with van der Waals surface area (Å²) in [4.78, 5) is 47.7. The lowest BCUT2D eigenvalue weighted by molar-refractivity contribution is -0.409. The lowest BCUT2D eigenvalue weighted by Crippen LogP contribution is -2.63. The predicted octanol–water partition coefficient (Wildman–Crippen LogP) is 25.1. The summed E-state index contributed by atoms with van der Waals surface area (Å²) in [6.07, 6.45) is -26.8. The molecule has 21 nitrogen and oxygen atoms in total. The van der Waals surface area contributed by atoms with Gasteiger partial charge in [0.15, 0.2) is 36.8 Å². The van der Waals surface area contributed by atoms with Crippen LogP contribution < -0.4 is 14.2 Å². The second-order valence-electron chi connectivity index (χ2n) is 38.1. The fraction of sp³-hybridized carbons (Fsp3) is 0.543. The van der Waals surface area contributed by atoms with E-state index in [9.17, 15) is 141 Å². The largest absolute Gasteiger partial charge is 0.482 e. The first-order valence-corrected chi connectivity index (χ1v) is 47.1. The molecule has 0 bridgehead atoms. The van der Waals surface area contributed by atoms with Crippen molar-refractivity contribution in [1.29, 1.82) is 0 Å². The van der Waals surface area contributed by atoms with Gasteiger partial charge >= 0.3 is 84.4 Å². The molecule has 0 saturated carbocycles. The molecule has 826 valence electrons. The molecule has 14 unspecified atom stereocenters. The summed E-state index contributed by atoms with van der Waals surface area (Å²) in [7, 11) is 0. The van der Waals surface area contributed by atoms with Gasteiger partial charge in [-0.25, -0.2) is 19.2 Å². The molecule has 43 heteroatoms. The van der Waals surface area contributed by atoms with Crippen molar-refractivity contribution >= 4 is 45.4 Å². The van der Waals surface area contributed by atoms with Crippen molar-refractivity contribution in [3.8, 4) is 17.2 Å². The van der Waals surface area contributed by atoms with E-state index < -0.39 is 170 Å². The minimum absolute atomic E-state index is 0.100. The van der Waals surface area contributed by atoms with Crippen molar-refractivity contribution in [1.82, 2.24) is 0 Å². The first-order valence-electron chi connectivity index (χ1n) is 47.1. The molecule has 3 fully saturated rings. The number of carbonyl (C=O) groups is 4. The van der Waals surface area contributed by atoms with Crippen LogP contribution in [0.1, 0.15) is 260 Å². The van der Waals surface area contributed by atoms with Gasteiger partial charge in [0.05, 0.1) is 38.6 Å². The number of rotatable bonds is 32. The molecule has 3 aliphatic heterocycles. The van der Waals surface area contributed by atoms with Crippen molar-refractivity contribution in [3.05, 3.63) is 220 Å². The molecule has 148 heavy (non-hydrogen) atoms. The first-order chi connectivity index (χ1) is 67.9. The highest BCUT2D eigenvalue weighted by atomic mass is 19.4. The molecule has 14 atom stereocenters. The number of fused-ring (bicyclic) bond motifs is 2. The molecule has 0 aromatic heterocycles. The van der Waals surface area contributed by atoms with Gasteiger partial charge in [0.2, 0.25) is 11.2 Å². The zero-order valence-electron chi connectivity index (χ0n) is 84.6. The van der Waals surface area contributed by atoms with Gasteiger partial charge in [0.1, 0.15) is 29.5 Å². The monoisotopic (exact) mass is 2140 g/mol. The highest BCUT2D eigenvalue weighted by Crippen LogP contribution is 2.57. The van der Waals surface area contributed by atoms with Gasteiger partial charge in [-0.3, -0.25) is 0 Å². The molecule has 0 aliphatic carbocycles. The van der Waals surface area contributed by atoms with E-state index in [1.165, 1.54) is 41.0 Å². The van der Waals surface area contributed by atoms with Gasteiger partial charge in [0, 0.05) is 6.42 Å². The summed E-state index contributed by atoms with van der Waals surface area (Å²) in [5.41, 5.74) is -10.8. The van der Waals surface area contributed by atoms with Crippen LogP contribution in [0, 0.1) is 0 Å². The molecule has 8 aromatic rings. The van der Waals surface area contributed by atoms with Gasteiger partial charge in [-0.05, 0) is 230 Å². The highest BCUT2D eigenvalue weighted by molar-refractivity contribution is 5.90. The molecule has 8 aromatic carbocycles. The van der Waals surface area contributed by atoms with Crippen molar-refractivity contribution in [2.75, 3.05) is 52.9 Å². The summed E-state index contributed by atoms with van der Waals surface area (Å²) in [6.45, 7) is 22.9. The van der Waals surface area contributed by atoms with E-state index in [1.54, 1.807) is 92.7 Å². The van der Waals surface area contributed by atoms with E-state index in [0.717, 1.165) is 83.7 Å². The van der Waals surface area contributed by atoms with Crippen molar-refractivity contribution in [2.24, 2.45) is 0 Å². The van der Waals surface area contributed by atoms with Crippen LogP contribution in [-0.2, 0) is 64.5 Å². The van der Waals surface area contributed by atoms with Crippen LogP contribution >= 0.6 is 0 Å². The molecule has 6 N–H and O–H groups in total. The average Bonchev–Trinajstić information content (AvgIpc) is 1.55. The Morgan fingerprint density at radius 2 is 0.696 bits per heavy atom. The standard InChI is InChI=1S/C22H23F5O5.C20H23F3O4.C18H26O5.C17H19F5O4.C15H18F6O2.C13H17F3O/c1-4-13(2)14-5-6-16-10-17(8-7-15(16)9-14)30-11-18(28)32-19(3)12-31-21(29,20(19,23)24)22(25,26)27;1-4-13(2)14-5-6-16-10-17(8-7-15(16)9-14)26-11-18(24)27-12-19(3,25)20(21,22)23;1-5-13(2)14-6-8-15(9-7-14)21-10-16(19)23-17(3)11-18(4,20)22-12-17;1-4-10(2)11-5-7-12(8-6-11)13(23)26-14(3)9-25-16(24,15(14,18)19)17(20,21)22;1-3-10(2)12-6-4-11(5-7-12)8-23-9-13(22,14(16,17)18)15(19,20)21;1-4-9(2)10-5-7-11(8-6-10)12(3,17)13(14,15)16/h5-10,13,29H,4,11-12H2,1-3H3;5-10,13,25H,4,11-12H2,1-3H3;6-9,13,20H,5,10-12H2,1-4H3;5-8,10,24H,4,9H2,1-3H3;4-7,10,22H,3,8-9H2,1-2H3;5-9,17H,4H2,1-3H3. The summed E-state index contributed by atoms with van der Waals surface area (Å²) < 4.78 is 337. The Morgan fingerprint density at radius 1 is 0.372 bits per heavy atom. The summed E-state index contributed by atoms with van der Waals surface area (Å²) >= 11 is 0. The number of aliphatic hydroxyl groups is 6. The number of hydrogen-bond donors (Lipinski definition) is 6. The van der Waals surface area contributed by atoms with Crippen LogP contribution in [-0.4, -0.2) is 202 Å². The van der Waals surface area contributed by atoms with Crippen LogP contribution in [0.4, 0.5) is 96.6 Å².